The van der Waals surface area contributed by atoms with Crippen molar-refractivity contribution in [2.45, 2.75) is 45.6 Å². The number of aliphatic carboxylic acids is 1. The van der Waals surface area contributed by atoms with Crippen molar-refractivity contribution in [2.24, 2.45) is 0 Å². The molecule has 1 N–H and O–H groups in total. The van der Waals surface area contributed by atoms with E-state index >= 15 is 0 Å². The van der Waals surface area contributed by atoms with Gasteiger partial charge in [0.2, 0.25) is 0 Å². The minimum atomic E-state index is -1.01. The standard InChI is InChI=1S/C19H22N4O5/c1-2-5-14-16(8-7-13-15(24)9-11-28-19(13)14)27-10-4-3-6-17-20-22-23(21-17)12-18(25)26/h7-9,11H,2-6,10,12H2,1H3,(H,25,26). The maximum Gasteiger partial charge on any atom is 0.327 e. The molecule has 0 bridgehead atoms. The second-order valence-electron chi connectivity index (χ2n) is 6.39. The lowest BCUT2D eigenvalue weighted by Crippen LogP contribution is -2.11. The van der Waals surface area contributed by atoms with Crippen LogP contribution >= 0.6 is 0 Å². The first-order chi connectivity index (χ1) is 13.6. The molecule has 0 amide bonds. The quantitative estimate of drug-likeness (QED) is 0.527. The summed E-state index contributed by atoms with van der Waals surface area (Å²) in [5.41, 5.74) is 1.44. The largest absolute Gasteiger partial charge is 0.493 e. The molecule has 0 aliphatic heterocycles. The van der Waals surface area contributed by atoms with Gasteiger partial charge in [-0.2, -0.15) is 4.80 Å². The normalized spacial score (nSPS) is 11.0. The number of aromatic nitrogens is 4. The summed E-state index contributed by atoms with van der Waals surface area (Å²) in [6.07, 6.45) is 5.23. The number of unbranched alkanes of at least 4 members (excludes halogenated alkanes) is 1. The lowest BCUT2D eigenvalue weighted by atomic mass is 10.1. The van der Waals surface area contributed by atoms with Crippen LogP contribution < -0.4 is 10.2 Å². The smallest absolute Gasteiger partial charge is 0.327 e. The van der Waals surface area contributed by atoms with Gasteiger partial charge in [-0.05, 0) is 36.6 Å². The number of hydrogen-bond acceptors (Lipinski definition) is 7. The molecule has 0 unspecified atom stereocenters. The maximum absolute atomic E-state index is 12.0. The van der Waals surface area contributed by atoms with Gasteiger partial charge in [0, 0.05) is 18.1 Å². The second kappa shape index (κ2) is 9.12. The van der Waals surface area contributed by atoms with E-state index in [1.165, 1.54) is 12.3 Å². The number of carboxylic acids is 1. The fourth-order valence-electron chi connectivity index (χ4n) is 2.95. The fourth-order valence-corrected chi connectivity index (χ4v) is 2.95. The Morgan fingerprint density at radius 3 is 2.89 bits per heavy atom. The van der Waals surface area contributed by atoms with E-state index in [9.17, 15) is 9.59 Å². The van der Waals surface area contributed by atoms with E-state index in [1.54, 1.807) is 6.07 Å². The number of nitrogens with zero attached hydrogens (tertiary/aromatic N) is 4. The Hall–Kier alpha value is -3.23. The van der Waals surface area contributed by atoms with E-state index in [4.69, 9.17) is 14.3 Å². The zero-order valence-electron chi connectivity index (χ0n) is 15.6. The van der Waals surface area contributed by atoms with Crippen molar-refractivity contribution < 1.29 is 19.1 Å². The minimum Gasteiger partial charge on any atom is -0.493 e. The van der Waals surface area contributed by atoms with Crippen LogP contribution in [0.1, 0.15) is 37.6 Å². The van der Waals surface area contributed by atoms with Gasteiger partial charge in [0.05, 0.1) is 18.3 Å². The molecule has 0 saturated heterocycles. The molecule has 2 heterocycles. The SMILES string of the molecule is CCCc1c(OCCCCc2nnn(CC(=O)O)n2)ccc2c(=O)ccoc12. The lowest BCUT2D eigenvalue weighted by molar-refractivity contribution is -0.138. The summed E-state index contributed by atoms with van der Waals surface area (Å²) in [4.78, 5) is 23.7. The van der Waals surface area contributed by atoms with Crippen LogP contribution in [0.4, 0.5) is 0 Å². The van der Waals surface area contributed by atoms with E-state index in [-0.39, 0.29) is 12.0 Å². The van der Waals surface area contributed by atoms with E-state index in [2.05, 4.69) is 22.3 Å². The lowest BCUT2D eigenvalue weighted by Gasteiger charge is -2.12. The Kier molecular flexibility index (Phi) is 6.36. The maximum atomic E-state index is 12.0. The summed E-state index contributed by atoms with van der Waals surface area (Å²) in [6, 6.07) is 4.98. The van der Waals surface area contributed by atoms with Gasteiger partial charge in [-0.3, -0.25) is 9.59 Å². The van der Waals surface area contributed by atoms with Crippen molar-refractivity contribution in [3.05, 3.63) is 46.1 Å². The van der Waals surface area contributed by atoms with Gasteiger partial charge >= 0.3 is 5.97 Å². The van der Waals surface area contributed by atoms with Crippen molar-refractivity contribution in [1.82, 2.24) is 20.2 Å². The first kappa shape index (κ1) is 19.5. The third kappa shape index (κ3) is 4.73. The van der Waals surface area contributed by atoms with E-state index in [0.29, 0.717) is 29.8 Å². The highest BCUT2D eigenvalue weighted by molar-refractivity contribution is 5.82. The Bertz CT molecular complexity index is 1010. The van der Waals surface area contributed by atoms with Crippen LogP contribution in [0.3, 0.4) is 0 Å². The Morgan fingerprint density at radius 1 is 1.25 bits per heavy atom. The van der Waals surface area contributed by atoms with Crippen LogP contribution in [0.25, 0.3) is 11.0 Å². The van der Waals surface area contributed by atoms with Gasteiger partial charge in [-0.25, -0.2) is 0 Å². The number of fused-ring (bicyclic) bond motifs is 1. The zero-order chi connectivity index (χ0) is 19.9. The molecule has 0 aliphatic carbocycles. The topological polar surface area (TPSA) is 120 Å². The first-order valence-electron chi connectivity index (χ1n) is 9.23. The molecule has 28 heavy (non-hydrogen) atoms. The molecule has 0 saturated carbocycles. The van der Waals surface area contributed by atoms with Crippen molar-refractivity contribution >= 4 is 16.9 Å². The molecular weight excluding hydrogens is 364 g/mol. The van der Waals surface area contributed by atoms with Gasteiger partial charge in [0.1, 0.15) is 11.3 Å². The number of rotatable bonds is 10. The van der Waals surface area contributed by atoms with Crippen LogP contribution in [0, 0.1) is 0 Å². The van der Waals surface area contributed by atoms with Gasteiger partial charge in [0.15, 0.2) is 17.8 Å². The van der Waals surface area contributed by atoms with Crippen molar-refractivity contribution in [2.75, 3.05) is 6.61 Å². The average molecular weight is 386 g/mol. The third-order valence-corrected chi connectivity index (χ3v) is 4.21. The summed E-state index contributed by atoms with van der Waals surface area (Å²) >= 11 is 0. The van der Waals surface area contributed by atoms with Gasteiger partial charge in [-0.1, -0.05) is 13.3 Å². The molecule has 0 atom stereocenters. The predicted octanol–water partition coefficient (Wildman–Crippen LogP) is 2.22. The molecule has 3 rings (SSSR count). The van der Waals surface area contributed by atoms with E-state index in [1.807, 2.05) is 6.07 Å². The molecule has 9 heteroatoms. The highest BCUT2D eigenvalue weighted by Crippen LogP contribution is 2.28. The van der Waals surface area contributed by atoms with Gasteiger partial charge < -0.3 is 14.3 Å². The number of aryl methyl sites for hydroxylation is 2. The van der Waals surface area contributed by atoms with Crippen LogP contribution in [0.5, 0.6) is 5.75 Å². The summed E-state index contributed by atoms with van der Waals surface area (Å²) in [5, 5.41) is 20.8. The second-order valence-corrected chi connectivity index (χ2v) is 6.39. The number of benzene rings is 1. The fraction of sp³-hybridized carbons (Fsp3) is 0.421. The van der Waals surface area contributed by atoms with Gasteiger partial charge in [-0.15, -0.1) is 10.2 Å². The highest BCUT2D eigenvalue weighted by Gasteiger charge is 2.12. The first-order valence-corrected chi connectivity index (χ1v) is 9.23. The van der Waals surface area contributed by atoms with Crippen LogP contribution in [0.15, 0.2) is 33.7 Å². The zero-order valence-corrected chi connectivity index (χ0v) is 15.6. The number of hydrogen-bond donors (Lipinski definition) is 1. The molecule has 1 aromatic carbocycles. The average Bonchev–Trinajstić information content (AvgIpc) is 3.10. The molecule has 2 aromatic heterocycles. The summed E-state index contributed by atoms with van der Waals surface area (Å²) in [7, 11) is 0. The van der Waals surface area contributed by atoms with Crippen LogP contribution in [0.2, 0.25) is 0 Å². The molecular formula is C19H22N4O5. The Labute approximate surface area is 160 Å². The van der Waals surface area contributed by atoms with Gasteiger partial charge in [0.25, 0.3) is 0 Å². The van der Waals surface area contributed by atoms with Crippen molar-refractivity contribution in [3.63, 3.8) is 0 Å². The van der Waals surface area contributed by atoms with E-state index in [0.717, 1.165) is 41.8 Å². The van der Waals surface area contributed by atoms with Crippen molar-refractivity contribution in [3.8, 4) is 5.75 Å². The van der Waals surface area contributed by atoms with E-state index < -0.39 is 5.97 Å². The predicted molar refractivity (Wildman–Crippen MR) is 100 cm³/mol. The highest BCUT2D eigenvalue weighted by atomic mass is 16.5. The Balaban J connectivity index is 1.56. The molecule has 148 valence electrons. The molecule has 0 fully saturated rings. The number of ether oxygens (including phenoxy) is 1. The molecule has 3 aromatic rings. The summed E-state index contributed by atoms with van der Waals surface area (Å²) < 4.78 is 11.5. The number of carboxylic acid groups (broad SMARTS) is 1. The van der Waals surface area contributed by atoms with Crippen LogP contribution in [-0.4, -0.2) is 37.9 Å². The third-order valence-electron chi connectivity index (χ3n) is 4.21. The molecule has 0 aliphatic rings. The minimum absolute atomic E-state index is 0.0615. The van der Waals surface area contributed by atoms with Crippen LogP contribution in [-0.2, 0) is 24.2 Å². The Morgan fingerprint density at radius 2 is 2.11 bits per heavy atom. The van der Waals surface area contributed by atoms with Crippen molar-refractivity contribution in [1.29, 1.82) is 0 Å². The summed E-state index contributed by atoms with van der Waals surface area (Å²) in [6.45, 7) is 2.27. The molecule has 0 spiro atoms. The molecule has 0 radical (unpaired) electrons. The molecule has 9 nitrogen and oxygen atoms in total. The number of tetrazole rings is 1. The number of carbonyl (C=O) groups is 1. The monoisotopic (exact) mass is 386 g/mol. The summed E-state index contributed by atoms with van der Waals surface area (Å²) in [5.74, 6) is 0.237.